The maximum atomic E-state index is 5.13. The van der Waals surface area contributed by atoms with Crippen LogP contribution in [0.3, 0.4) is 0 Å². The Morgan fingerprint density at radius 3 is 2.73 bits per heavy atom. The first kappa shape index (κ1) is 10.6. The lowest BCUT2D eigenvalue weighted by atomic mass is 10.2. The molecule has 15 heavy (non-hydrogen) atoms. The number of rotatable bonds is 3. The third-order valence-electron chi connectivity index (χ3n) is 2.77. The standard InChI is InChI=1S/C10H16N4S/c1-3-14(4-2)9-7-5-11-6-8(7)12-10(15)13-9/h11H,3-6H2,1-2H3,(H,12,13,15). The number of hydrogen-bond acceptors (Lipinski definition) is 4. The van der Waals surface area contributed by atoms with Crippen LogP contribution in [0.1, 0.15) is 25.1 Å². The Morgan fingerprint density at radius 2 is 2.07 bits per heavy atom. The summed E-state index contributed by atoms with van der Waals surface area (Å²) in [6.45, 7) is 7.97. The molecular formula is C10H16N4S. The summed E-state index contributed by atoms with van der Waals surface area (Å²) in [5, 5.41) is 3.31. The van der Waals surface area contributed by atoms with Gasteiger partial charge in [0.05, 0.1) is 0 Å². The molecule has 5 heteroatoms. The number of anilines is 1. The Morgan fingerprint density at radius 1 is 1.33 bits per heavy atom. The van der Waals surface area contributed by atoms with Gasteiger partial charge in [-0.15, -0.1) is 0 Å². The van der Waals surface area contributed by atoms with Gasteiger partial charge in [-0.05, 0) is 26.1 Å². The van der Waals surface area contributed by atoms with E-state index in [4.69, 9.17) is 12.2 Å². The van der Waals surface area contributed by atoms with Gasteiger partial charge < -0.3 is 15.2 Å². The smallest absolute Gasteiger partial charge is 0.199 e. The fraction of sp³-hybridized carbons (Fsp3) is 0.600. The van der Waals surface area contributed by atoms with Crippen LogP contribution in [0.5, 0.6) is 0 Å². The number of aromatic nitrogens is 2. The van der Waals surface area contributed by atoms with Crippen molar-refractivity contribution in [3.05, 3.63) is 16.0 Å². The molecule has 0 bridgehead atoms. The lowest BCUT2D eigenvalue weighted by Gasteiger charge is -2.22. The predicted octanol–water partition coefficient (Wildman–Crippen LogP) is 1.59. The van der Waals surface area contributed by atoms with Gasteiger partial charge in [-0.25, -0.2) is 4.98 Å². The van der Waals surface area contributed by atoms with E-state index >= 15 is 0 Å². The minimum Gasteiger partial charge on any atom is -0.357 e. The average molecular weight is 224 g/mol. The summed E-state index contributed by atoms with van der Waals surface area (Å²) in [7, 11) is 0. The largest absolute Gasteiger partial charge is 0.357 e. The Bertz CT molecular complexity index is 408. The molecule has 1 aromatic rings. The normalized spacial score (nSPS) is 14.0. The van der Waals surface area contributed by atoms with E-state index in [0.29, 0.717) is 4.77 Å². The number of aromatic amines is 1. The number of hydrogen-bond donors (Lipinski definition) is 2. The molecule has 1 aliphatic heterocycles. The topological polar surface area (TPSA) is 44.0 Å². The fourth-order valence-electron chi connectivity index (χ4n) is 1.96. The SMILES string of the molecule is CCN(CC)c1nc(=S)[nH]c2c1CNC2. The van der Waals surface area contributed by atoms with Crippen molar-refractivity contribution in [3.63, 3.8) is 0 Å². The van der Waals surface area contributed by atoms with Crippen molar-refractivity contribution in [1.82, 2.24) is 15.3 Å². The highest BCUT2D eigenvalue weighted by Crippen LogP contribution is 2.23. The van der Waals surface area contributed by atoms with E-state index in [1.165, 1.54) is 11.3 Å². The Balaban J connectivity index is 2.50. The molecule has 2 rings (SSSR count). The Labute approximate surface area is 94.7 Å². The van der Waals surface area contributed by atoms with Crippen LogP contribution in [-0.2, 0) is 13.1 Å². The molecule has 0 aromatic carbocycles. The molecule has 4 nitrogen and oxygen atoms in total. The molecule has 0 saturated carbocycles. The number of nitrogens with one attached hydrogen (secondary N) is 2. The van der Waals surface area contributed by atoms with Crippen molar-refractivity contribution < 1.29 is 0 Å². The average Bonchev–Trinajstić information content (AvgIpc) is 2.67. The third-order valence-corrected chi connectivity index (χ3v) is 2.96. The molecule has 82 valence electrons. The third kappa shape index (κ3) is 1.89. The zero-order valence-electron chi connectivity index (χ0n) is 9.13. The second kappa shape index (κ2) is 4.28. The van der Waals surface area contributed by atoms with Gasteiger partial charge >= 0.3 is 0 Å². The molecule has 0 fully saturated rings. The van der Waals surface area contributed by atoms with Crippen LogP contribution in [0, 0.1) is 4.77 Å². The molecule has 2 N–H and O–H groups in total. The summed E-state index contributed by atoms with van der Waals surface area (Å²) in [5.41, 5.74) is 2.46. The number of fused-ring (bicyclic) bond motifs is 1. The van der Waals surface area contributed by atoms with Gasteiger partial charge in [-0.1, -0.05) is 0 Å². The first-order valence-electron chi connectivity index (χ1n) is 5.34. The van der Waals surface area contributed by atoms with Gasteiger partial charge in [0.15, 0.2) is 4.77 Å². The minimum atomic E-state index is 0.583. The highest BCUT2D eigenvalue weighted by atomic mass is 32.1. The summed E-state index contributed by atoms with van der Waals surface area (Å²) >= 11 is 5.13. The highest BCUT2D eigenvalue weighted by molar-refractivity contribution is 7.71. The summed E-state index contributed by atoms with van der Waals surface area (Å²) in [5.74, 6) is 1.05. The van der Waals surface area contributed by atoms with Crippen LogP contribution in [0.2, 0.25) is 0 Å². The summed E-state index contributed by atoms with van der Waals surface area (Å²) in [6, 6.07) is 0. The van der Waals surface area contributed by atoms with Gasteiger partial charge in [0.1, 0.15) is 5.82 Å². The van der Waals surface area contributed by atoms with Gasteiger partial charge in [-0.3, -0.25) is 0 Å². The predicted molar refractivity (Wildman–Crippen MR) is 63.5 cm³/mol. The van der Waals surface area contributed by atoms with E-state index in [-0.39, 0.29) is 0 Å². The van der Waals surface area contributed by atoms with Crippen molar-refractivity contribution in [1.29, 1.82) is 0 Å². The zero-order chi connectivity index (χ0) is 10.8. The van der Waals surface area contributed by atoms with Crippen molar-refractivity contribution in [2.24, 2.45) is 0 Å². The van der Waals surface area contributed by atoms with Gasteiger partial charge in [-0.2, -0.15) is 0 Å². The first-order valence-corrected chi connectivity index (χ1v) is 5.74. The van der Waals surface area contributed by atoms with Gasteiger partial charge in [0.2, 0.25) is 0 Å². The lowest BCUT2D eigenvalue weighted by molar-refractivity contribution is 0.755. The zero-order valence-corrected chi connectivity index (χ0v) is 9.95. The first-order chi connectivity index (χ1) is 7.26. The van der Waals surface area contributed by atoms with Crippen LogP contribution in [0.15, 0.2) is 0 Å². The molecule has 0 spiro atoms. The van der Waals surface area contributed by atoms with Gasteiger partial charge in [0.25, 0.3) is 0 Å². The van der Waals surface area contributed by atoms with Crippen LogP contribution >= 0.6 is 12.2 Å². The Hall–Kier alpha value is -0.940. The molecule has 0 amide bonds. The molecule has 0 saturated heterocycles. The molecule has 1 aromatic heterocycles. The van der Waals surface area contributed by atoms with Crippen molar-refractivity contribution in [2.45, 2.75) is 26.9 Å². The molecule has 0 unspecified atom stereocenters. The molecular weight excluding hydrogens is 208 g/mol. The number of H-pyrrole nitrogens is 1. The number of nitrogens with zero attached hydrogens (tertiary/aromatic N) is 2. The minimum absolute atomic E-state index is 0.583. The van der Waals surface area contributed by atoms with Crippen LogP contribution in [0.25, 0.3) is 0 Å². The monoisotopic (exact) mass is 224 g/mol. The summed E-state index contributed by atoms with van der Waals surface area (Å²) in [4.78, 5) is 9.82. The molecule has 2 heterocycles. The second-order valence-corrected chi connectivity index (χ2v) is 3.99. The van der Waals surface area contributed by atoms with E-state index in [0.717, 1.165) is 32.0 Å². The quantitative estimate of drug-likeness (QED) is 0.765. The van der Waals surface area contributed by atoms with Crippen LogP contribution in [0.4, 0.5) is 5.82 Å². The van der Waals surface area contributed by atoms with E-state index < -0.39 is 0 Å². The fourth-order valence-corrected chi connectivity index (χ4v) is 2.17. The maximum absolute atomic E-state index is 5.13. The second-order valence-electron chi connectivity index (χ2n) is 3.60. The molecule has 1 aliphatic rings. The van der Waals surface area contributed by atoms with Crippen molar-refractivity contribution >= 4 is 18.0 Å². The van der Waals surface area contributed by atoms with Gasteiger partial charge in [0, 0.05) is 37.4 Å². The van der Waals surface area contributed by atoms with Crippen molar-refractivity contribution in [3.8, 4) is 0 Å². The van der Waals surface area contributed by atoms with E-state index in [2.05, 4.69) is 34.0 Å². The Kier molecular flexibility index (Phi) is 3.02. The highest BCUT2D eigenvalue weighted by Gasteiger charge is 2.18. The molecule has 0 aliphatic carbocycles. The van der Waals surface area contributed by atoms with E-state index in [1.54, 1.807) is 0 Å². The maximum Gasteiger partial charge on any atom is 0.199 e. The lowest BCUT2D eigenvalue weighted by Crippen LogP contribution is -2.25. The molecule has 0 radical (unpaired) electrons. The molecule has 0 atom stereocenters. The van der Waals surface area contributed by atoms with Crippen molar-refractivity contribution in [2.75, 3.05) is 18.0 Å². The van der Waals surface area contributed by atoms with E-state index in [9.17, 15) is 0 Å². The summed E-state index contributed by atoms with van der Waals surface area (Å²) < 4.78 is 0.583. The van der Waals surface area contributed by atoms with Crippen LogP contribution in [-0.4, -0.2) is 23.1 Å². The van der Waals surface area contributed by atoms with Crippen LogP contribution < -0.4 is 10.2 Å². The summed E-state index contributed by atoms with van der Waals surface area (Å²) in [6.07, 6.45) is 0. The van der Waals surface area contributed by atoms with E-state index in [1.807, 2.05) is 0 Å².